The normalized spacial score (nSPS) is 27.2. The molecule has 3 atom stereocenters. The lowest BCUT2D eigenvalue weighted by atomic mass is 10.2. The fourth-order valence-corrected chi connectivity index (χ4v) is 2.20. The van der Waals surface area contributed by atoms with Crippen molar-refractivity contribution < 1.29 is 14.9 Å². The first-order valence-corrected chi connectivity index (χ1v) is 5.77. The molecule has 2 aromatic rings. The molecule has 0 bridgehead atoms. The third-order valence-electron chi connectivity index (χ3n) is 3.15. The third kappa shape index (κ3) is 1.87. The smallest absolute Gasteiger partial charge is 0.280 e. The maximum Gasteiger partial charge on any atom is 0.280 e. The van der Waals surface area contributed by atoms with Gasteiger partial charge in [-0.15, -0.1) is 0 Å². The van der Waals surface area contributed by atoms with E-state index in [1.165, 1.54) is 10.9 Å². The fraction of sp³-hybridized carbons (Fsp3) is 0.500. The Bertz CT molecular complexity index is 665. The highest BCUT2D eigenvalue weighted by Gasteiger charge is 2.35. The van der Waals surface area contributed by atoms with E-state index in [1.54, 1.807) is 0 Å². The number of aromatic nitrogens is 4. The van der Waals surface area contributed by atoms with Crippen LogP contribution in [0.5, 0.6) is 0 Å². The highest BCUT2D eigenvalue weighted by Crippen LogP contribution is 2.30. The first kappa shape index (κ1) is 12.1. The number of aliphatic hydroxyl groups is 2. The van der Waals surface area contributed by atoms with Crippen LogP contribution in [0.4, 0.5) is 5.95 Å². The summed E-state index contributed by atoms with van der Waals surface area (Å²) in [6.07, 6.45) is -0.270. The molecule has 0 amide bonds. The van der Waals surface area contributed by atoms with E-state index in [-0.39, 0.29) is 30.1 Å². The number of ether oxygens (including phenoxy) is 1. The number of nitrogen functional groups attached to an aromatic ring is 1. The predicted molar refractivity (Wildman–Crippen MR) is 64.2 cm³/mol. The molecule has 9 heteroatoms. The van der Waals surface area contributed by atoms with Crippen molar-refractivity contribution in [2.75, 3.05) is 12.3 Å². The number of hydrogen-bond acceptors (Lipinski definition) is 7. The molecule has 1 saturated heterocycles. The SMILES string of the molecule is Nc1nc2c(ncn2[C@@H]2C[C@@H](O)[C@@H](CO)O2)c(=O)[nH]1. The second-order valence-electron chi connectivity index (χ2n) is 4.39. The number of imidazole rings is 1. The van der Waals surface area contributed by atoms with E-state index in [2.05, 4.69) is 15.0 Å². The lowest BCUT2D eigenvalue weighted by Crippen LogP contribution is -2.24. The van der Waals surface area contributed by atoms with Gasteiger partial charge in [0.05, 0.1) is 19.0 Å². The fourth-order valence-electron chi connectivity index (χ4n) is 2.20. The number of nitrogens with one attached hydrogen (secondary N) is 1. The molecule has 3 rings (SSSR count). The number of fused-ring (bicyclic) bond motifs is 1. The van der Waals surface area contributed by atoms with Crippen LogP contribution in [-0.4, -0.2) is 48.5 Å². The zero-order valence-electron chi connectivity index (χ0n) is 9.85. The standard InChI is InChI=1S/C10H13N5O4/c11-10-13-8-7(9(18)14-10)12-3-15(8)6-1-4(17)5(2-16)19-6/h3-6,16-17H,1-2H2,(H3,11,13,14,18)/t4-,5-,6+/m1/s1. The Morgan fingerprint density at radius 3 is 3.11 bits per heavy atom. The van der Waals surface area contributed by atoms with Crippen molar-refractivity contribution in [1.82, 2.24) is 19.5 Å². The van der Waals surface area contributed by atoms with Gasteiger partial charge in [0.2, 0.25) is 5.95 Å². The van der Waals surface area contributed by atoms with E-state index >= 15 is 0 Å². The molecule has 0 unspecified atom stereocenters. The molecule has 9 nitrogen and oxygen atoms in total. The Hall–Kier alpha value is -1.97. The first-order chi connectivity index (χ1) is 9.10. The van der Waals surface area contributed by atoms with Gasteiger partial charge in [-0.3, -0.25) is 14.3 Å². The van der Waals surface area contributed by atoms with Crippen LogP contribution in [0.25, 0.3) is 11.2 Å². The molecule has 5 N–H and O–H groups in total. The summed E-state index contributed by atoms with van der Waals surface area (Å²) in [6, 6.07) is 0. The van der Waals surface area contributed by atoms with E-state index in [0.717, 1.165) is 0 Å². The zero-order chi connectivity index (χ0) is 13.6. The largest absolute Gasteiger partial charge is 0.394 e. The number of nitrogens with two attached hydrogens (primary N) is 1. The number of anilines is 1. The third-order valence-corrected chi connectivity index (χ3v) is 3.15. The lowest BCUT2D eigenvalue weighted by Gasteiger charge is -2.13. The van der Waals surface area contributed by atoms with Crippen molar-refractivity contribution in [1.29, 1.82) is 0 Å². The number of nitrogens with zero attached hydrogens (tertiary/aromatic N) is 3. The summed E-state index contributed by atoms with van der Waals surface area (Å²) >= 11 is 0. The number of aromatic amines is 1. The summed E-state index contributed by atoms with van der Waals surface area (Å²) in [4.78, 5) is 22.0. The molecule has 0 radical (unpaired) electrons. The molecule has 1 aliphatic heterocycles. The van der Waals surface area contributed by atoms with Crippen molar-refractivity contribution >= 4 is 17.1 Å². The van der Waals surface area contributed by atoms with Gasteiger partial charge in [-0.05, 0) is 0 Å². The van der Waals surface area contributed by atoms with E-state index < -0.39 is 24.0 Å². The Morgan fingerprint density at radius 1 is 1.63 bits per heavy atom. The average molecular weight is 267 g/mol. The van der Waals surface area contributed by atoms with Crippen molar-refractivity contribution in [3.8, 4) is 0 Å². The van der Waals surface area contributed by atoms with Crippen LogP contribution in [0.2, 0.25) is 0 Å². The van der Waals surface area contributed by atoms with Gasteiger partial charge >= 0.3 is 0 Å². The maximum atomic E-state index is 11.6. The second-order valence-corrected chi connectivity index (χ2v) is 4.39. The molecule has 0 spiro atoms. The summed E-state index contributed by atoms with van der Waals surface area (Å²) in [6.45, 7) is -0.277. The summed E-state index contributed by atoms with van der Waals surface area (Å²) in [5.74, 6) is -0.0171. The first-order valence-electron chi connectivity index (χ1n) is 5.77. The summed E-state index contributed by atoms with van der Waals surface area (Å²) in [7, 11) is 0. The van der Waals surface area contributed by atoms with Crippen LogP contribution in [0.1, 0.15) is 12.6 Å². The molecule has 1 aliphatic rings. The topological polar surface area (TPSA) is 139 Å². The zero-order valence-corrected chi connectivity index (χ0v) is 9.85. The van der Waals surface area contributed by atoms with Gasteiger partial charge in [-0.25, -0.2) is 4.98 Å². The highest BCUT2D eigenvalue weighted by molar-refractivity contribution is 5.70. The summed E-state index contributed by atoms with van der Waals surface area (Å²) in [5.41, 5.74) is 5.50. The molecule has 1 fully saturated rings. The highest BCUT2D eigenvalue weighted by atomic mass is 16.5. The Labute approximate surface area is 106 Å². The van der Waals surface area contributed by atoms with E-state index in [9.17, 15) is 9.90 Å². The van der Waals surface area contributed by atoms with Gasteiger partial charge in [0.25, 0.3) is 5.56 Å². The van der Waals surface area contributed by atoms with Gasteiger partial charge in [0.1, 0.15) is 12.3 Å². The molecular weight excluding hydrogens is 254 g/mol. The quantitative estimate of drug-likeness (QED) is 0.510. The van der Waals surface area contributed by atoms with Gasteiger partial charge in [0, 0.05) is 6.42 Å². The summed E-state index contributed by atoms with van der Waals surface area (Å²) in [5, 5.41) is 18.8. The molecule has 0 aromatic carbocycles. The number of aliphatic hydroxyl groups excluding tert-OH is 2. The number of rotatable bonds is 2. The van der Waals surface area contributed by atoms with Gasteiger partial charge in [-0.1, -0.05) is 0 Å². The van der Waals surface area contributed by atoms with E-state index in [1.807, 2.05) is 0 Å². The monoisotopic (exact) mass is 267 g/mol. The lowest BCUT2D eigenvalue weighted by molar-refractivity contribution is -0.0432. The summed E-state index contributed by atoms with van der Waals surface area (Å²) < 4.78 is 7.01. The Balaban J connectivity index is 2.05. The van der Waals surface area contributed by atoms with E-state index in [0.29, 0.717) is 0 Å². The maximum absolute atomic E-state index is 11.6. The van der Waals surface area contributed by atoms with Crippen LogP contribution in [0.15, 0.2) is 11.1 Å². The molecule has 0 aliphatic carbocycles. The minimum absolute atomic E-state index is 0.0171. The molecule has 102 valence electrons. The van der Waals surface area contributed by atoms with Crippen LogP contribution >= 0.6 is 0 Å². The van der Waals surface area contributed by atoms with Gasteiger partial charge in [-0.2, -0.15) is 4.98 Å². The van der Waals surface area contributed by atoms with Gasteiger partial charge < -0.3 is 20.7 Å². The minimum Gasteiger partial charge on any atom is -0.394 e. The molecule has 19 heavy (non-hydrogen) atoms. The number of hydrogen-bond donors (Lipinski definition) is 4. The van der Waals surface area contributed by atoms with Crippen LogP contribution in [0, 0.1) is 0 Å². The Morgan fingerprint density at radius 2 is 2.42 bits per heavy atom. The molecule has 2 aromatic heterocycles. The average Bonchev–Trinajstić information content (AvgIpc) is 2.92. The van der Waals surface area contributed by atoms with Crippen molar-refractivity contribution in [3.05, 3.63) is 16.7 Å². The van der Waals surface area contributed by atoms with E-state index in [4.69, 9.17) is 15.6 Å². The van der Waals surface area contributed by atoms with Crippen molar-refractivity contribution in [2.45, 2.75) is 24.9 Å². The molecule has 0 saturated carbocycles. The van der Waals surface area contributed by atoms with Crippen LogP contribution < -0.4 is 11.3 Å². The van der Waals surface area contributed by atoms with Gasteiger partial charge in [0.15, 0.2) is 11.2 Å². The molecular formula is C10H13N5O4. The van der Waals surface area contributed by atoms with Crippen molar-refractivity contribution in [2.24, 2.45) is 0 Å². The van der Waals surface area contributed by atoms with Crippen LogP contribution in [0.3, 0.4) is 0 Å². The number of H-pyrrole nitrogens is 1. The Kier molecular flexibility index (Phi) is 2.73. The minimum atomic E-state index is -0.771. The van der Waals surface area contributed by atoms with Crippen LogP contribution in [-0.2, 0) is 4.74 Å². The molecule has 3 heterocycles. The second kappa shape index (κ2) is 4.30. The van der Waals surface area contributed by atoms with Crippen molar-refractivity contribution in [3.63, 3.8) is 0 Å². The predicted octanol–water partition coefficient (Wildman–Crippen LogP) is -1.66.